The van der Waals surface area contributed by atoms with Crippen LogP contribution in [0.1, 0.15) is 38.7 Å². The van der Waals surface area contributed by atoms with E-state index in [1.807, 2.05) is 26.8 Å². The molecule has 0 saturated carbocycles. The van der Waals surface area contributed by atoms with Crippen LogP contribution in [0.15, 0.2) is 16.6 Å². The van der Waals surface area contributed by atoms with Crippen molar-refractivity contribution < 1.29 is 9.59 Å². The minimum Gasteiger partial charge on any atom is -0.397 e. The minimum atomic E-state index is -0.142. The van der Waals surface area contributed by atoms with E-state index in [0.717, 1.165) is 10.0 Å². The average molecular weight is 393 g/mol. The molecule has 22 heavy (non-hydrogen) atoms. The summed E-state index contributed by atoms with van der Waals surface area (Å²) in [6, 6.07) is 3.78. The van der Waals surface area contributed by atoms with Crippen molar-refractivity contribution in [2.45, 2.75) is 46.1 Å². The fourth-order valence-electron chi connectivity index (χ4n) is 1.87. The first-order valence-corrected chi connectivity index (χ1v) is 7.73. The van der Waals surface area contributed by atoms with Gasteiger partial charge in [-0.15, -0.1) is 12.4 Å². The summed E-state index contributed by atoms with van der Waals surface area (Å²) < 4.78 is 0.862. The van der Waals surface area contributed by atoms with Gasteiger partial charge in [0.2, 0.25) is 11.8 Å². The van der Waals surface area contributed by atoms with E-state index in [-0.39, 0.29) is 36.7 Å². The maximum Gasteiger partial charge on any atom is 0.224 e. The summed E-state index contributed by atoms with van der Waals surface area (Å²) in [4.78, 5) is 23.3. The van der Waals surface area contributed by atoms with Crippen LogP contribution in [-0.4, -0.2) is 17.9 Å². The zero-order valence-electron chi connectivity index (χ0n) is 13.0. The molecule has 0 aliphatic rings. The maximum atomic E-state index is 11.9. The Bertz CT molecular complexity index is 536. The molecule has 124 valence electrons. The van der Waals surface area contributed by atoms with Crippen LogP contribution in [0.4, 0.5) is 11.4 Å². The normalized spacial score (nSPS) is 10.0. The minimum absolute atomic E-state index is 0. The van der Waals surface area contributed by atoms with Gasteiger partial charge in [-0.3, -0.25) is 9.59 Å². The smallest absolute Gasteiger partial charge is 0.224 e. The number of nitrogens with one attached hydrogen (secondary N) is 2. The fraction of sp³-hybridized carbons (Fsp3) is 0.467. The maximum absolute atomic E-state index is 11.9. The number of aryl methyl sites for hydroxylation is 1. The first-order valence-electron chi connectivity index (χ1n) is 6.94. The molecule has 0 heterocycles. The van der Waals surface area contributed by atoms with Gasteiger partial charge in [0.05, 0.1) is 11.4 Å². The van der Waals surface area contributed by atoms with Crippen LogP contribution in [-0.2, 0) is 9.59 Å². The third kappa shape index (κ3) is 7.13. The van der Waals surface area contributed by atoms with Crippen LogP contribution in [0.25, 0.3) is 0 Å². The third-order valence-electron chi connectivity index (χ3n) is 2.88. The molecule has 0 spiro atoms. The summed E-state index contributed by atoms with van der Waals surface area (Å²) in [6.45, 7) is 5.69. The summed E-state index contributed by atoms with van der Waals surface area (Å²) in [5.41, 5.74) is 7.99. The van der Waals surface area contributed by atoms with E-state index >= 15 is 0 Å². The number of nitrogens with two attached hydrogens (primary N) is 1. The number of hydrogen-bond acceptors (Lipinski definition) is 3. The van der Waals surface area contributed by atoms with Crippen molar-refractivity contribution in [2.75, 3.05) is 11.1 Å². The second-order valence-electron chi connectivity index (χ2n) is 5.31. The topological polar surface area (TPSA) is 84.2 Å². The largest absolute Gasteiger partial charge is 0.397 e. The third-order valence-corrected chi connectivity index (χ3v) is 3.34. The van der Waals surface area contributed by atoms with E-state index in [1.165, 1.54) is 0 Å². The highest BCUT2D eigenvalue weighted by atomic mass is 79.9. The molecule has 0 unspecified atom stereocenters. The highest BCUT2D eigenvalue weighted by Crippen LogP contribution is 2.27. The summed E-state index contributed by atoms with van der Waals surface area (Å²) in [7, 11) is 0. The van der Waals surface area contributed by atoms with Crippen molar-refractivity contribution >= 4 is 51.5 Å². The number of rotatable bonds is 6. The molecule has 2 amide bonds. The molecule has 0 aliphatic carbocycles. The van der Waals surface area contributed by atoms with Gasteiger partial charge < -0.3 is 16.4 Å². The average Bonchev–Trinajstić information content (AvgIpc) is 2.34. The molecule has 1 aromatic rings. The van der Waals surface area contributed by atoms with Crippen LogP contribution >= 0.6 is 28.3 Å². The number of amides is 2. The molecule has 0 atom stereocenters. The van der Waals surface area contributed by atoms with Gasteiger partial charge >= 0.3 is 0 Å². The number of nitrogen functional groups attached to an aromatic ring is 1. The Balaban J connectivity index is 0.00000441. The van der Waals surface area contributed by atoms with Gasteiger partial charge in [-0.05, 0) is 44.9 Å². The van der Waals surface area contributed by atoms with E-state index < -0.39 is 0 Å². The Morgan fingerprint density at radius 3 is 2.41 bits per heavy atom. The summed E-state index contributed by atoms with van der Waals surface area (Å²) in [5, 5.41) is 5.57. The number of benzene rings is 1. The predicted molar refractivity (Wildman–Crippen MR) is 96.3 cm³/mol. The van der Waals surface area contributed by atoms with Crippen molar-refractivity contribution in [1.29, 1.82) is 0 Å². The zero-order chi connectivity index (χ0) is 16.0. The Morgan fingerprint density at radius 2 is 1.82 bits per heavy atom. The quantitative estimate of drug-likeness (QED) is 0.649. The molecule has 0 aromatic heterocycles. The zero-order valence-corrected chi connectivity index (χ0v) is 15.4. The molecule has 0 radical (unpaired) electrons. The fourth-order valence-corrected chi connectivity index (χ4v) is 2.45. The van der Waals surface area contributed by atoms with E-state index in [0.29, 0.717) is 24.2 Å². The van der Waals surface area contributed by atoms with Gasteiger partial charge in [-0.2, -0.15) is 0 Å². The van der Waals surface area contributed by atoms with Crippen molar-refractivity contribution in [1.82, 2.24) is 5.32 Å². The van der Waals surface area contributed by atoms with E-state index in [4.69, 9.17) is 5.73 Å². The number of carbonyl (C=O) groups excluding carboxylic acids is 2. The lowest BCUT2D eigenvalue weighted by Crippen LogP contribution is -2.30. The number of hydrogen-bond donors (Lipinski definition) is 3. The van der Waals surface area contributed by atoms with Gasteiger partial charge in [-0.1, -0.05) is 15.9 Å². The SMILES string of the molecule is Cc1cc(Br)cc(NC(=O)CCCC(=O)NC(C)C)c1N.Cl. The molecule has 7 heteroatoms. The molecular formula is C15H23BrClN3O2. The first-order chi connectivity index (χ1) is 9.79. The lowest BCUT2D eigenvalue weighted by Gasteiger charge is -2.11. The molecule has 0 aliphatic heterocycles. The van der Waals surface area contributed by atoms with Crippen LogP contribution < -0.4 is 16.4 Å². The van der Waals surface area contributed by atoms with Gasteiger partial charge in [0.25, 0.3) is 0 Å². The van der Waals surface area contributed by atoms with E-state index in [1.54, 1.807) is 6.07 Å². The van der Waals surface area contributed by atoms with Gasteiger partial charge in [-0.25, -0.2) is 0 Å². The van der Waals surface area contributed by atoms with Crippen LogP contribution in [0, 0.1) is 6.92 Å². The van der Waals surface area contributed by atoms with Gasteiger partial charge in [0.1, 0.15) is 0 Å². The van der Waals surface area contributed by atoms with E-state index in [2.05, 4.69) is 26.6 Å². The van der Waals surface area contributed by atoms with E-state index in [9.17, 15) is 9.59 Å². The predicted octanol–water partition coefficient (Wildman–Crippen LogP) is 3.39. The summed E-state index contributed by atoms with van der Waals surface area (Å²) in [6.07, 6.45) is 1.15. The van der Waals surface area contributed by atoms with Crippen molar-refractivity contribution in [3.63, 3.8) is 0 Å². The van der Waals surface area contributed by atoms with Gasteiger partial charge in [0.15, 0.2) is 0 Å². The molecule has 0 bridgehead atoms. The highest BCUT2D eigenvalue weighted by molar-refractivity contribution is 9.10. The second kappa shape index (κ2) is 9.69. The lowest BCUT2D eigenvalue weighted by molar-refractivity contribution is -0.121. The van der Waals surface area contributed by atoms with Crippen molar-refractivity contribution in [3.8, 4) is 0 Å². The van der Waals surface area contributed by atoms with Crippen LogP contribution in [0.5, 0.6) is 0 Å². The molecule has 0 fully saturated rings. The Kier molecular flexibility index (Phi) is 9.13. The molecule has 0 saturated heterocycles. The Labute approximate surface area is 145 Å². The molecule has 1 aromatic carbocycles. The Hall–Kier alpha value is -1.27. The highest BCUT2D eigenvalue weighted by Gasteiger charge is 2.10. The summed E-state index contributed by atoms with van der Waals surface area (Å²) in [5.74, 6) is -0.174. The number of anilines is 2. The number of carbonyl (C=O) groups is 2. The van der Waals surface area contributed by atoms with Crippen molar-refractivity contribution in [3.05, 3.63) is 22.2 Å². The first kappa shape index (κ1) is 20.7. The lowest BCUT2D eigenvalue weighted by atomic mass is 10.1. The molecule has 1 rings (SSSR count). The molecule has 5 nitrogen and oxygen atoms in total. The Morgan fingerprint density at radius 1 is 1.23 bits per heavy atom. The molecular weight excluding hydrogens is 370 g/mol. The molecule has 4 N–H and O–H groups in total. The standard InChI is InChI=1S/C15H22BrN3O2.ClH/c1-9(2)18-13(20)5-4-6-14(21)19-12-8-11(16)7-10(3)15(12)17;/h7-9H,4-6,17H2,1-3H3,(H,18,20)(H,19,21);1H. The monoisotopic (exact) mass is 391 g/mol. The van der Waals surface area contributed by atoms with Crippen LogP contribution in [0.2, 0.25) is 0 Å². The van der Waals surface area contributed by atoms with Crippen LogP contribution in [0.3, 0.4) is 0 Å². The second-order valence-corrected chi connectivity index (χ2v) is 6.22. The summed E-state index contributed by atoms with van der Waals surface area (Å²) >= 11 is 3.37. The van der Waals surface area contributed by atoms with Gasteiger partial charge in [0, 0.05) is 23.4 Å². The number of halogens is 2. The van der Waals surface area contributed by atoms with Crippen molar-refractivity contribution in [2.24, 2.45) is 0 Å².